The summed E-state index contributed by atoms with van der Waals surface area (Å²) in [5, 5.41) is 12.0. The van der Waals surface area contributed by atoms with Gasteiger partial charge in [-0.25, -0.2) is 4.79 Å². The fraction of sp³-hybridized carbons (Fsp3) is 0.148. The summed E-state index contributed by atoms with van der Waals surface area (Å²) in [6, 6.07) is 25.6. The summed E-state index contributed by atoms with van der Waals surface area (Å²) in [5.41, 5.74) is -0.439. The van der Waals surface area contributed by atoms with Crippen LogP contribution >= 0.6 is 19.1 Å². The third-order valence-electron chi connectivity index (χ3n) is 5.94. The molecule has 2 amide bonds. The molecule has 0 aliphatic carbocycles. The van der Waals surface area contributed by atoms with Gasteiger partial charge in [0.15, 0.2) is 18.1 Å². The van der Waals surface area contributed by atoms with Crippen molar-refractivity contribution in [3.05, 3.63) is 102 Å². The van der Waals surface area contributed by atoms with E-state index in [1.54, 1.807) is 84.9 Å². The van der Waals surface area contributed by atoms with Crippen LogP contribution in [-0.2, 0) is 23.5 Å². The zero-order chi connectivity index (χ0) is 26.7. The molecule has 0 saturated carbocycles. The van der Waals surface area contributed by atoms with E-state index in [1.807, 2.05) is 6.07 Å². The van der Waals surface area contributed by atoms with Gasteiger partial charge in [0.05, 0.1) is 22.4 Å². The molecule has 5 rings (SSSR count). The number of fused-ring (bicyclic) bond motifs is 1. The van der Waals surface area contributed by atoms with Crippen LogP contribution in [0.1, 0.15) is 6.42 Å². The first-order valence-electron chi connectivity index (χ1n) is 11.7. The molecule has 194 valence electrons. The number of carboxylic acids is 1. The second-order valence-corrected chi connectivity index (χ2v) is 12.0. The summed E-state index contributed by atoms with van der Waals surface area (Å²) in [4.78, 5) is 38.8. The SMILES string of the molecule is O=C(COc1ccccc1)NC1S[C@@H]2CC(=O)N2C(C(=O)O)=C1OP(=O)(c1ccccc1)c1ccccc1. The normalized spacial score (nSPS) is 18.7. The van der Waals surface area contributed by atoms with Crippen molar-refractivity contribution in [3.8, 4) is 5.75 Å². The molecule has 0 spiro atoms. The molecule has 0 radical (unpaired) electrons. The Hall–Kier alpha value is -4.01. The van der Waals surface area contributed by atoms with Crippen LogP contribution in [-0.4, -0.2) is 45.1 Å². The van der Waals surface area contributed by atoms with Crippen molar-refractivity contribution >= 4 is 47.5 Å². The minimum Gasteiger partial charge on any atom is -0.484 e. The lowest BCUT2D eigenvalue weighted by Crippen LogP contribution is -2.57. The van der Waals surface area contributed by atoms with E-state index in [4.69, 9.17) is 9.26 Å². The Bertz CT molecular complexity index is 1390. The van der Waals surface area contributed by atoms with Crippen molar-refractivity contribution in [2.45, 2.75) is 17.2 Å². The topological polar surface area (TPSA) is 122 Å². The Morgan fingerprint density at radius 2 is 1.50 bits per heavy atom. The zero-order valence-electron chi connectivity index (χ0n) is 19.9. The first-order valence-corrected chi connectivity index (χ1v) is 14.3. The minimum atomic E-state index is -3.91. The van der Waals surface area contributed by atoms with E-state index < -0.39 is 41.6 Å². The molecule has 1 unspecified atom stereocenters. The number of carbonyl (C=O) groups is 3. The third kappa shape index (κ3) is 5.05. The number of ether oxygens (including phenoxy) is 1. The highest BCUT2D eigenvalue weighted by Crippen LogP contribution is 2.52. The summed E-state index contributed by atoms with van der Waals surface area (Å²) in [6.07, 6.45) is 0.108. The lowest BCUT2D eigenvalue weighted by Gasteiger charge is -2.46. The van der Waals surface area contributed by atoms with Crippen LogP contribution in [0.5, 0.6) is 5.75 Å². The monoisotopic (exact) mass is 550 g/mol. The number of amides is 2. The molecular formula is C27H23N2O7PS. The fourth-order valence-corrected chi connectivity index (χ4v) is 7.68. The first-order chi connectivity index (χ1) is 18.4. The summed E-state index contributed by atoms with van der Waals surface area (Å²) in [6.45, 7) is -0.334. The molecule has 2 atom stereocenters. The van der Waals surface area contributed by atoms with Crippen molar-refractivity contribution in [1.82, 2.24) is 10.2 Å². The van der Waals surface area contributed by atoms with E-state index in [9.17, 15) is 24.1 Å². The van der Waals surface area contributed by atoms with Crippen LogP contribution in [0.2, 0.25) is 0 Å². The quantitative estimate of drug-likeness (QED) is 0.308. The largest absolute Gasteiger partial charge is 0.484 e. The van der Waals surface area contributed by atoms with Gasteiger partial charge in [-0.2, -0.15) is 0 Å². The molecule has 3 aromatic carbocycles. The minimum absolute atomic E-state index is 0.108. The van der Waals surface area contributed by atoms with E-state index in [-0.39, 0.29) is 18.8 Å². The van der Waals surface area contributed by atoms with Crippen LogP contribution in [0.4, 0.5) is 0 Å². The average Bonchev–Trinajstić information content (AvgIpc) is 2.94. The molecular weight excluding hydrogens is 527 g/mol. The number of benzene rings is 3. The molecule has 2 heterocycles. The third-order valence-corrected chi connectivity index (χ3v) is 9.64. The molecule has 0 bridgehead atoms. The highest BCUT2D eigenvalue weighted by Gasteiger charge is 2.51. The maximum atomic E-state index is 14.6. The van der Waals surface area contributed by atoms with Crippen molar-refractivity contribution < 1.29 is 33.3 Å². The molecule has 11 heteroatoms. The molecule has 2 N–H and O–H groups in total. The van der Waals surface area contributed by atoms with Crippen LogP contribution in [0.25, 0.3) is 0 Å². The number of hydrogen-bond acceptors (Lipinski definition) is 7. The van der Waals surface area contributed by atoms with Gasteiger partial charge in [-0.1, -0.05) is 54.6 Å². The van der Waals surface area contributed by atoms with Crippen LogP contribution < -0.4 is 20.7 Å². The Labute approximate surface area is 222 Å². The highest BCUT2D eigenvalue weighted by atomic mass is 32.2. The van der Waals surface area contributed by atoms with Crippen molar-refractivity contribution in [2.24, 2.45) is 0 Å². The Balaban J connectivity index is 1.52. The van der Waals surface area contributed by atoms with E-state index in [0.29, 0.717) is 16.4 Å². The second kappa shape index (κ2) is 10.8. The smallest absolute Gasteiger partial charge is 0.356 e. The van der Waals surface area contributed by atoms with Gasteiger partial charge in [-0.15, -0.1) is 11.8 Å². The molecule has 9 nitrogen and oxygen atoms in total. The van der Waals surface area contributed by atoms with Gasteiger partial charge in [0.1, 0.15) is 11.1 Å². The number of nitrogens with zero attached hydrogens (tertiary/aromatic N) is 1. The molecule has 1 fully saturated rings. The maximum Gasteiger partial charge on any atom is 0.356 e. The summed E-state index contributed by atoms with van der Waals surface area (Å²) in [7, 11) is -3.91. The fourth-order valence-electron chi connectivity index (χ4n) is 4.12. The zero-order valence-corrected chi connectivity index (χ0v) is 21.6. The van der Waals surface area contributed by atoms with E-state index >= 15 is 0 Å². The van der Waals surface area contributed by atoms with Gasteiger partial charge >= 0.3 is 13.3 Å². The summed E-state index contributed by atoms with van der Waals surface area (Å²) in [5.74, 6) is -2.13. The van der Waals surface area contributed by atoms with Gasteiger partial charge in [0.25, 0.3) is 5.91 Å². The first kappa shape index (κ1) is 25.6. The van der Waals surface area contributed by atoms with Crippen LogP contribution in [0.15, 0.2) is 102 Å². The average molecular weight is 551 g/mol. The van der Waals surface area contributed by atoms with E-state index in [1.165, 1.54) is 0 Å². The van der Waals surface area contributed by atoms with Crippen LogP contribution in [0.3, 0.4) is 0 Å². The lowest BCUT2D eigenvalue weighted by molar-refractivity contribution is -0.146. The highest BCUT2D eigenvalue weighted by molar-refractivity contribution is 8.00. The number of hydrogen-bond donors (Lipinski definition) is 2. The number of carboxylic acid groups (broad SMARTS) is 1. The summed E-state index contributed by atoms with van der Waals surface area (Å²) >= 11 is 1.15. The van der Waals surface area contributed by atoms with E-state index in [2.05, 4.69) is 5.32 Å². The molecule has 1 saturated heterocycles. The maximum absolute atomic E-state index is 14.6. The van der Waals surface area contributed by atoms with Gasteiger partial charge in [-0.3, -0.25) is 19.1 Å². The molecule has 2 aliphatic heterocycles. The molecule has 3 aromatic rings. The number of nitrogens with one attached hydrogen (secondary N) is 1. The van der Waals surface area contributed by atoms with Crippen LogP contribution in [0, 0.1) is 0 Å². The number of aliphatic carboxylic acids is 1. The van der Waals surface area contributed by atoms with Gasteiger partial charge < -0.3 is 19.7 Å². The number of rotatable bonds is 9. The van der Waals surface area contributed by atoms with Gasteiger partial charge in [-0.05, 0) is 36.4 Å². The van der Waals surface area contributed by atoms with Crippen molar-refractivity contribution in [3.63, 3.8) is 0 Å². The lowest BCUT2D eigenvalue weighted by atomic mass is 10.1. The van der Waals surface area contributed by atoms with Gasteiger partial charge in [0.2, 0.25) is 5.91 Å². The molecule has 0 aromatic heterocycles. The number of para-hydroxylation sites is 1. The second-order valence-electron chi connectivity index (χ2n) is 8.44. The Morgan fingerprint density at radius 1 is 0.947 bits per heavy atom. The number of β-lactam (4-membered cyclic amide) rings is 1. The summed E-state index contributed by atoms with van der Waals surface area (Å²) < 4.78 is 26.3. The van der Waals surface area contributed by atoms with Crippen molar-refractivity contribution in [1.29, 1.82) is 0 Å². The van der Waals surface area contributed by atoms with Gasteiger partial charge in [0, 0.05) is 0 Å². The predicted octanol–water partition coefficient (Wildman–Crippen LogP) is 3.05. The van der Waals surface area contributed by atoms with Crippen molar-refractivity contribution in [2.75, 3.05) is 6.61 Å². The standard InChI is InChI=1S/C27H23N2O7PS/c30-21(17-35-18-10-4-1-5-11-18)28-26-25(24(27(32)33)29-22(31)16-23(29)38-26)36-37(34,19-12-6-2-7-13-19)20-14-8-3-9-15-20/h1-15,23,26H,16-17H2,(H,28,30)(H,32,33)/t23-,26?/m1/s1. The Kier molecular flexibility index (Phi) is 7.26. The van der Waals surface area contributed by atoms with E-state index in [0.717, 1.165) is 16.7 Å². The number of carbonyl (C=O) groups excluding carboxylic acids is 2. The number of thioether (sulfide) groups is 1. The predicted molar refractivity (Wildman–Crippen MR) is 142 cm³/mol. The Morgan fingerprint density at radius 3 is 2.03 bits per heavy atom. The molecule has 38 heavy (non-hydrogen) atoms. The molecule has 2 aliphatic rings.